The fourth-order valence-electron chi connectivity index (χ4n) is 2.37. The van der Waals surface area contributed by atoms with Gasteiger partial charge < -0.3 is 9.84 Å². The molecule has 3 rings (SSSR count). The van der Waals surface area contributed by atoms with E-state index in [-0.39, 0.29) is 11.3 Å². The summed E-state index contributed by atoms with van der Waals surface area (Å²) in [6.07, 6.45) is 0. The molecule has 1 aromatic heterocycles. The van der Waals surface area contributed by atoms with Crippen molar-refractivity contribution in [2.24, 2.45) is 0 Å². The smallest absolute Gasteiger partial charge is 0.258 e. The Kier molecular flexibility index (Phi) is 4.93. The van der Waals surface area contributed by atoms with Crippen LogP contribution in [0.15, 0.2) is 64.3 Å². The summed E-state index contributed by atoms with van der Waals surface area (Å²) in [6.45, 7) is 1.99. The number of hydrogen-bond acceptors (Lipinski definition) is 7. The lowest BCUT2D eigenvalue weighted by Crippen LogP contribution is -2.00. The summed E-state index contributed by atoms with van der Waals surface area (Å²) in [7, 11) is 0. The van der Waals surface area contributed by atoms with E-state index in [1.54, 1.807) is 36.4 Å². The number of nitriles is 3. The molecule has 7 heteroatoms. The summed E-state index contributed by atoms with van der Waals surface area (Å²) in [4.78, 5) is 4.41. The first kappa shape index (κ1) is 17.4. The predicted octanol–water partition coefficient (Wildman–Crippen LogP) is 3.95. The summed E-state index contributed by atoms with van der Waals surface area (Å²) in [5.41, 5.74) is 2.85. The molecule has 2 aromatic carbocycles. The zero-order chi connectivity index (χ0) is 19.2. The molecule has 0 aliphatic rings. The number of nitrogens with one attached hydrogen (secondary N) is 1. The van der Waals surface area contributed by atoms with E-state index in [0.717, 1.165) is 11.1 Å². The first-order valence-corrected chi connectivity index (χ1v) is 7.87. The van der Waals surface area contributed by atoms with Gasteiger partial charge in [-0.1, -0.05) is 28.9 Å². The van der Waals surface area contributed by atoms with Gasteiger partial charge in [0, 0.05) is 16.8 Å². The first-order valence-electron chi connectivity index (χ1n) is 7.87. The zero-order valence-corrected chi connectivity index (χ0v) is 14.3. The van der Waals surface area contributed by atoms with Gasteiger partial charge in [0.05, 0.1) is 0 Å². The van der Waals surface area contributed by atoms with Crippen molar-refractivity contribution in [3.05, 3.63) is 65.4 Å². The maximum atomic E-state index is 9.08. The molecule has 0 aliphatic heterocycles. The van der Waals surface area contributed by atoms with E-state index in [1.165, 1.54) is 0 Å². The van der Waals surface area contributed by atoms with Crippen molar-refractivity contribution in [3.63, 3.8) is 0 Å². The van der Waals surface area contributed by atoms with Crippen molar-refractivity contribution < 1.29 is 4.52 Å². The van der Waals surface area contributed by atoms with Crippen LogP contribution in [0, 0.1) is 40.9 Å². The molecule has 3 aromatic rings. The lowest BCUT2D eigenvalue weighted by molar-refractivity contribution is 0.432. The van der Waals surface area contributed by atoms with E-state index < -0.39 is 0 Å². The second kappa shape index (κ2) is 7.65. The maximum absolute atomic E-state index is 9.08. The van der Waals surface area contributed by atoms with Crippen LogP contribution in [-0.2, 0) is 0 Å². The average molecular weight is 352 g/mol. The quantitative estimate of drug-likeness (QED) is 0.705. The highest BCUT2D eigenvalue weighted by Crippen LogP contribution is 2.24. The predicted molar refractivity (Wildman–Crippen MR) is 97.4 cm³/mol. The lowest BCUT2D eigenvalue weighted by atomic mass is 10.1. The van der Waals surface area contributed by atoms with Crippen molar-refractivity contribution in [2.45, 2.75) is 6.92 Å². The Labute approximate surface area is 155 Å². The largest absolute Gasteiger partial charge is 0.345 e. The second-order valence-electron chi connectivity index (χ2n) is 5.58. The molecule has 0 atom stereocenters. The Morgan fingerprint density at radius 2 is 1.70 bits per heavy atom. The number of aromatic nitrogens is 2. The Hall–Kier alpha value is -4.41. The van der Waals surface area contributed by atoms with Crippen LogP contribution in [-0.4, -0.2) is 10.1 Å². The van der Waals surface area contributed by atoms with Crippen molar-refractivity contribution in [1.29, 1.82) is 15.8 Å². The molecule has 128 valence electrons. The fourth-order valence-corrected chi connectivity index (χ4v) is 2.37. The van der Waals surface area contributed by atoms with Gasteiger partial charge in [0.1, 0.15) is 23.9 Å². The molecule has 7 nitrogen and oxygen atoms in total. The van der Waals surface area contributed by atoms with E-state index in [9.17, 15) is 0 Å². The highest BCUT2D eigenvalue weighted by Gasteiger charge is 2.11. The van der Waals surface area contributed by atoms with Crippen molar-refractivity contribution in [3.8, 4) is 41.0 Å². The number of anilines is 1. The SMILES string of the molecule is Cc1cccc(-c2noc(-c3ccc(NC(C#N)=C(C#N)C#N)cc3)n2)c1. The first-order chi connectivity index (χ1) is 13.1. The summed E-state index contributed by atoms with van der Waals surface area (Å²) < 4.78 is 5.33. The van der Waals surface area contributed by atoms with E-state index in [4.69, 9.17) is 20.3 Å². The van der Waals surface area contributed by atoms with E-state index in [0.29, 0.717) is 23.0 Å². The molecule has 0 fully saturated rings. The third-order valence-electron chi connectivity index (χ3n) is 3.69. The summed E-state index contributed by atoms with van der Waals surface area (Å²) in [5, 5.41) is 33.6. The fraction of sp³-hybridized carbons (Fsp3) is 0.0500. The lowest BCUT2D eigenvalue weighted by Gasteiger charge is -2.04. The highest BCUT2D eigenvalue weighted by molar-refractivity contribution is 5.64. The number of allylic oxidation sites excluding steroid dienone is 2. The minimum Gasteiger partial charge on any atom is -0.345 e. The van der Waals surface area contributed by atoms with Gasteiger partial charge in [0.25, 0.3) is 5.89 Å². The number of rotatable bonds is 4. The third-order valence-corrected chi connectivity index (χ3v) is 3.69. The van der Waals surface area contributed by atoms with Gasteiger partial charge >= 0.3 is 0 Å². The molecule has 0 aliphatic carbocycles. The summed E-state index contributed by atoms with van der Waals surface area (Å²) in [6, 6.07) is 19.8. The van der Waals surface area contributed by atoms with Crippen molar-refractivity contribution >= 4 is 5.69 Å². The molecule has 1 heterocycles. The van der Waals surface area contributed by atoms with Crippen LogP contribution in [0.25, 0.3) is 22.8 Å². The van der Waals surface area contributed by atoms with Crippen molar-refractivity contribution in [1.82, 2.24) is 10.1 Å². The highest BCUT2D eigenvalue weighted by atomic mass is 16.5. The van der Waals surface area contributed by atoms with E-state index in [1.807, 2.05) is 37.3 Å². The second-order valence-corrected chi connectivity index (χ2v) is 5.58. The van der Waals surface area contributed by atoms with Gasteiger partial charge in [-0.15, -0.1) is 0 Å². The van der Waals surface area contributed by atoms with Crippen LogP contribution < -0.4 is 5.32 Å². The van der Waals surface area contributed by atoms with Crippen molar-refractivity contribution in [2.75, 3.05) is 5.32 Å². The van der Waals surface area contributed by atoms with Crippen LogP contribution in [0.5, 0.6) is 0 Å². The molecule has 0 saturated carbocycles. The molecule has 0 unspecified atom stereocenters. The number of benzene rings is 2. The zero-order valence-electron chi connectivity index (χ0n) is 14.3. The Bertz CT molecular complexity index is 1120. The molecule has 27 heavy (non-hydrogen) atoms. The van der Waals surface area contributed by atoms with Gasteiger partial charge in [0.2, 0.25) is 5.82 Å². The summed E-state index contributed by atoms with van der Waals surface area (Å²) >= 11 is 0. The van der Waals surface area contributed by atoms with Crippen LogP contribution in [0.4, 0.5) is 5.69 Å². The van der Waals surface area contributed by atoms with Crippen LogP contribution in [0.2, 0.25) is 0 Å². The number of nitrogens with zero attached hydrogens (tertiary/aromatic N) is 5. The van der Waals surface area contributed by atoms with Crippen LogP contribution in [0.3, 0.4) is 0 Å². The minimum atomic E-state index is -0.277. The Balaban J connectivity index is 1.83. The number of hydrogen-bond donors (Lipinski definition) is 1. The third kappa shape index (κ3) is 3.82. The summed E-state index contributed by atoms with van der Waals surface area (Å²) in [5.74, 6) is 0.863. The van der Waals surface area contributed by atoms with Crippen LogP contribution >= 0.6 is 0 Å². The topological polar surface area (TPSA) is 122 Å². The van der Waals surface area contributed by atoms with Gasteiger partial charge in [-0.05, 0) is 37.3 Å². The standard InChI is InChI=1S/C20H12N6O/c1-13-3-2-4-15(9-13)19-25-20(27-26-19)14-5-7-17(8-6-14)24-18(12-23)16(10-21)11-22/h2-9,24H,1H3. The molecule has 0 amide bonds. The minimum absolute atomic E-state index is 0.104. The molecule has 0 spiro atoms. The molecule has 0 saturated heterocycles. The Morgan fingerprint density at radius 3 is 2.33 bits per heavy atom. The molecular formula is C20H12N6O. The number of aryl methyl sites for hydroxylation is 1. The van der Waals surface area contributed by atoms with Gasteiger partial charge in [-0.25, -0.2) is 0 Å². The molecule has 1 N–H and O–H groups in total. The van der Waals surface area contributed by atoms with E-state index >= 15 is 0 Å². The Morgan fingerprint density at radius 1 is 0.963 bits per heavy atom. The molecule has 0 bridgehead atoms. The van der Waals surface area contributed by atoms with Gasteiger partial charge in [-0.2, -0.15) is 20.8 Å². The van der Waals surface area contributed by atoms with Gasteiger partial charge in [-0.3, -0.25) is 0 Å². The van der Waals surface area contributed by atoms with Crippen LogP contribution in [0.1, 0.15) is 5.56 Å². The molecule has 0 radical (unpaired) electrons. The average Bonchev–Trinajstić information content (AvgIpc) is 3.19. The normalized spacial score (nSPS) is 9.56. The maximum Gasteiger partial charge on any atom is 0.258 e. The van der Waals surface area contributed by atoms with E-state index in [2.05, 4.69) is 15.5 Å². The van der Waals surface area contributed by atoms with Gasteiger partial charge in [0.15, 0.2) is 5.57 Å². The monoisotopic (exact) mass is 352 g/mol. The molecular weight excluding hydrogens is 340 g/mol.